The topological polar surface area (TPSA) is 81.0 Å². The molecule has 7 heteroatoms. The molecule has 0 aliphatic rings. The van der Waals surface area contributed by atoms with Crippen molar-refractivity contribution in [3.05, 3.63) is 44.0 Å². The molecular formula is C11H12N4O2S. The van der Waals surface area contributed by atoms with Crippen LogP contribution in [0.3, 0.4) is 0 Å². The number of pyridine rings is 1. The molecule has 0 aliphatic carbocycles. The summed E-state index contributed by atoms with van der Waals surface area (Å²) >= 11 is 1.63. The highest BCUT2D eigenvalue weighted by molar-refractivity contribution is 7.11. The predicted octanol–water partition coefficient (Wildman–Crippen LogP) is 2.68. The van der Waals surface area contributed by atoms with Gasteiger partial charge >= 0.3 is 0 Å². The maximum Gasteiger partial charge on any atom is 0.287 e. The number of aromatic nitrogens is 2. The number of aryl methyl sites for hydroxylation is 2. The van der Waals surface area contributed by atoms with Crippen molar-refractivity contribution in [2.45, 2.75) is 20.4 Å². The summed E-state index contributed by atoms with van der Waals surface area (Å²) in [6.45, 7) is 4.57. The van der Waals surface area contributed by atoms with Crippen molar-refractivity contribution in [3.8, 4) is 0 Å². The molecule has 0 saturated heterocycles. The molecule has 94 valence electrons. The molecule has 0 amide bonds. The van der Waals surface area contributed by atoms with Crippen LogP contribution in [0.5, 0.6) is 0 Å². The van der Waals surface area contributed by atoms with Crippen LogP contribution in [0, 0.1) is 24.0 Å². The summed E-state index contributed by atoms with van der Waals surface area (Å²) in [4.78, 5) is 19.6. The molecule has 2 heterocycles. The molecule has 18 heavy (non-hydrogen) atoms. The Morgan fingerprint density at radius 3 is 2.72 bits per heavy atom. The molecule has 2 rings (SSSR count). The molecule has 0 spiro atoms. The lowest BCUT2D eigenvalue weighted by Gasteiger charge is -2.02. The Hall–Kier alpha value is -2.02. The minimum absolute atomic E-state index is 0.0125. The average Bonchev–Trinajstić information content (AvgIpc) is 2.67. The van der Waals surface area contributed by atoms with Gasteiger partial charge in [-0.25, -0.2) is 9.97 Å². The van der Waals surface area contributed by atoms with Gasteiger partial charge in [-0.3, -0.25) is 10.1 Å². The van der Waals surface area contributed by atoms with Crippen molar-refractivity contribution in [2.24, 2.45) is 0 Å². The summed E-state index contributed by atoms with van der Waals surface area (Å²) in [7, 11) is 0. The minimum Gasteiger partial charge on any atom is -0.364 e. The Balaban J connectivity index is 2.00. The molecule has 2 aromatic rings. The van der Waals surface area contributed by atoms with E-state index in [4.69, 9.17) is 0 Å². The molecule has 0 atom stereocenters. The molecule has 2 aromatic heterocycles. The monoisotopic (exact) mass is 264 g/mol. The first-order valence-electron chi connectivity index (χ1n) is 5.33. The summed E-state index contributed by atoms with van der Waals surface area (Å²) < 4.78 is 0. The molecule has 0 aromatic carbocycles. The van der Waals surface area contributed by atoms with Crippen LogP contribution in [-0.2, 0) is 6.54 Å². The fourth-order valence-corrected chi connectivity index (χ4v) is 2.25. The Kier molecular flexibility index (Phi) is 3.52. The highest BCUT2D eigenvalue weighted by Gasteiger charge is 2.06. The third-order valence-electron chi connectivity index (χ3n) is 2.45. The zero-order chi connectivity index (χ0) is 13.1. The van der Waals surface area contributed by atoms with Crippen LogP contribution in [-0.4, -0.2) is 14.9 Å². The predicted molar refractivity (Wildman–Crippen MR) is 69.8 cm³/mol. The molecule has 0 unspecified atom stereocenters. The van der Waals surface area contributed by atoms with Crippen molar-refractivity contribution in [1.82, 2.24) is 9.97 Å². The first kappa shape index (κ1) is 12.4. The van der Waals surface area contributed by atoms with E-state index >= 15 is 0 Å². The zero-order valence-electron chi connectivity index (χ0n) is 10.0. The largest absolute Gasteiger partial charge is 0.364 e. The van der Waals surface area contributed by atoms with Gasteiger partial charge in [0, 0.05) is 10.9 Å². The van der Waals surface area contributed by atoms with Crippen LogP contribution in [0.4, 0.5) is 11.5 Å². The first-order valence-corrected chi connectivity index (χ1v) is 6.15. The van der Waals surface area contributed by atoms with Crippen LogP contribution < -0.4 is 5.32 Å². The Morgan fingerprint density at radius 1 is 1.44 bits per heavy atom. The molecule has 0 fully saturated rings. The lowest BCUT2D eigenvalue weighted by molar-refractivity contribution is -0.385. The van der Waals surface area contributed by atoms with Gasteiger partial charge in [-0.2, -0.15) is 0 Å². The molecule has 1 N–H and O–H groups in total. The van der Waals surface area contributed by atoms with Crippen LogP contribution in [0.2, 0.25) is 0 Å². The quantitative estimate of drug-likeness (QED) is 0.678. The maximum absolute atomic E-state index is 10.5. The van der Waals surface area contributed by atoms with Gasteiger partial charge in [-0.15, -0.1) is 11.3 Å². The number of thiazole rings is 1. The minimum atomic E-state index is -0.468. The normalized spacial score (nSPS) is 10.3. The van der Waals surface area contributed by atoms with Crippen LogP contribution in [0.15, 0.2) is 18.3 Å². The SMILES string of the molecule is Cc1nc(CNc2ccc([N+](=O)[O-])cn2)sc1C. The second-order valence-electron chi connectivity index (χ2n) is 3.76. The summed E-state index contributed by atoms with van der Waals surface area (Å²) in [5, 5.41) is 14.5. The van der Waals surface area contributed by atoms with E-state index in [1.165, 1.54) is 17.1 Å². The van der Waals surface area contributed by atoms with Gasteiger partial charge in [-0.1, -0.05) is 0 Å². The van der Waals surface area contributed by atoms with Crippen LogP contribution in [0.25, 0.3) is 0 Å². The Bertz CT molecular complexity index is 545. The summed E-state index contributed by atoms with van der Waals surface area (Å²) in [6.07, 6.45) is 1.24. The number of nitrogens with zero attached hydrogens (tertiary/aromatic N) is 3. The number of nitrogens with one attached hydrogen (secondary N) is 1. The Morgan fingerprint density at radius 2 is 2.22 bits per heavy atom. The third kappa shape index (κ3) is 2.80. The number of anilines is 1. The van der Waals surface area contributed by atoms with E-state index in [-0.39, 0.29) is 5.69 Å². The average molecular weight is 264 g/mol. The molecular weight excluding hydrogens is 252 g/mol. The van der Waals surface area contributed by atoms with Crippen LogP contribution >= 0.6 is 11.3 Å². The van der Waals surface area contributed by atoms with Gasteiger partial charge in [0.2, 0.25) is 0 Å². The third-order valence-corrected chi connectivity index (χ3v) is 3.53. The number of hydrogen-bond acceptors (Lipinski definition) is 6. The number of hydrogen-bond donors (Lipinski definition) is 1. The molecule has 0 bridgehead atoms. The van der Waals surface area contributed by atoms with E-state index in [9.17, 15) is 10.1 Å². The van der Waals surface area contributed by atoms with E-state index in [0.717, 1.165) is 10.7 Å². The number of nitro groups is 1. The molecule has 0 aliphatic heterocycles. The summed E-state index contributed by atoms with van der Waals surface area (Å²) in [5.41, 5.74) is 1.02. The zero-order valence-corrected chi connectivity index (χ0v) is 10.8. The van der Waals surface area contributed by atoms with Gasteiger partial charge in [0.1, 0.15) is 17.0 Å². The molecule has 0 radical (unpaired) electrons. The van der Waals surface area contributed by atoms with Crippen molar-refractivity contribution < 1.29 is 4.92 Å². The lowest BCUT2D eigenvalue weighted by atomic mass is 10.4. The number of rotatable bonds is 4. The van der Waals surface area contributed by atoms with E-state index in [2.05, 4.69) is 15.3 Å². The van der Waals surface area contributed by atoms with Crippen LogP contribution in [0.1, 0.15) is 15.6 Å². The lowest BCUT2D eigenvalue weighted by Crippen LogP contribution is -2.01. The Labute approximate surface area is 108 Å². The van der Waals surface area contributed by atoms with Crippen molar-refractivity contribution in [2.75, 3.05) is 5.32 Å². The van der Waals surface area contributed by atoms with E-state index in [1.807, 2.05) is 13.8 Å². The second kappa shape index (κ2) is 5.09. The molecule has 6 nitrogen and oxygen atoms in total. The van der Waals surface area contributed by atoms with Gasteiger partial charge in [0.15, 0.2) is 0 Å². The first-order chi connectivity index (χ1) is 8.56. The van der Waals surface area contributed by atoms with Gasteiger partial charge in [-0.05, 0) is 19.9 Å². The summed E-state index contributed by atoms with van der Waals surface area (Å²) in [6, 6.07) is 3.01. The van der Waals surface area contributed by atoms with Gasteiger partial charge in [0.05, 0.1) is 17.2 Å². The second-order valence-corrected chi connectivity index (χ2v) is 5.05. The summed E-state index contributed by atoms with van der Waals surface area (Å²) in [5.74, 6) is 0.603. The van der Waals surface area contributed by atoms with Gasteiger partial charge < -0.3 is 5.32 Å². The standard InChI is InChI=1S/C11H12N4O2S/c1-7-8(2)18-11(14-7)6-13-10-4-3-9(5-12-10)15(16)17/h3-5H,6H2,1-2H3,(H,12,13). The smallest absolute Gasteiger partial charge is 0.287 e. The van der Waals surface area contributed by atoms with Crippen molar-refractivity contribution in [1.29, 1.82) is 0 Å². The highest BCUT2D eigenvalue weighted by Crippen LogP contribution is 2.18. The maximum atomic E-state index is 10.5. The van der Waals surface area contributed by atoms with E-state index in [1.54, 1.807) is 17.4 Å². The fourth-order valence-electron chi connectivity index (χ4n) is 1.38. The fraction of sp³-hybridized carbons (Fsp3) is 0.273. The van der Waals surface area contributed by atoms with Crippen molar-refractivity contribution >= 4 is 22.8 Å². The van der Waals surface area contributed by atoms with Gasteiger partial charge in [0.25, 0.3) is 5.69 Å². The highest BCUT2D eigenvalue weighted by atomic mass is 32.1. The molecule has 0 saturated carbocycles. The van der Waals surface area contributed by atoms with E-state index < -0.39 is 4.92 Å². The van der Waals surface area contributed by atoms with Crippen molar-refractivity contribution in [3.63, 3.8) is 0 Å². The van der Waals surface area contributed by atoms with E-state index in [0.29, 0.717) is 12.4 Å².